The van der Waals surface area contributed by atoms with Gasteiger partial charge >= 0.3 is 5.97 Å². The molecule has 0 radical (unpaired) electrons. The Morgan fingerprint density at radius 1 is 1.03 bits per heavy atom. The number of anilines is 1. The predicted octanol–water partition coefficient (Wildman–Crippen LogP) is 3.86. The number of carbonyl (C=O) groups excluding carboxylic acids is 1. The molecule has 0 amide bonds. The summed E-state index contributed by atoms with van der Waals surface area (Å²) >= 11 is 0. The van der Waals surface area contributed by atoms with Gasteiger partial charge in [0.05, 0.1) is 16.1 Å². The van der Waals surface area contributed by atoms with Crippen molar-refractivity contribution < 1.29 is 22.7 Å². The number of ether oxygens (including phenoxy) is 2. The molecule has 0 N–H and O–H groups in total. The van der Waals surface area contributed by atoms with Crippen molar-refractivity contribution in [3.05, 3.63) is 53.6 Å². The van der Waals surface area contributed by atoms with Gasteiger partial charge in [-0.25, -0.2) is 13.2 Å². The lowest BCUT2D eigenvalue weighted by molar-refractivity contribution is 0.0451. The first kappa shape index (κ1) is 24.1. The summed E-state index contributed by atoms with van der Waals surface area (Å²) in [6, 6.07) is 12.4. The van der Waals surface area contributed by atoms with E-state index >= 15 is 0 Å². The molecule has 0 unspecified atom stereocenters. The fourth-order valence-corrected chi connectivity index (χ4v) is 5.35. The minimum atomic E-state index is -3.68. The molecule has 8 heteroatoms. The molecule has 3 rings (SSSR count). The molecule has 174 valence electrons. The zero-order valence-electron chi connectivity index (χ0n) is 19.0. The van der Waals surface area contributed by atoms with E-state index in [1.54, 1.807) is 26.0 Å². The van der Waals surface area contributed by atoms with E-state index in [2.05, 4.69) is 4.90 Å². The Bertz CT molecular complexity index is 1030. The van der Waals surface area contributed by atoms with Crippen molar-refractivity contribution in [1.29, 1.82) is 0 Å². The van der Waals surface area contributed by atoms with Gasteiger partial charge in [-0.15, -0.1) is 0 Å². The fraction of sp³-hybridized carbons (Fsp3) is 0.458. The zero-order valence-corrected chi connectivity index (χ0v) is 19.9. The standard InChI is InChI=1S/C24H32N2O5S/c1-4-26(5-2)32(28,29)21-11-12-23(25-13-6-7-14-25)22(18-21)24(27)31-16-15-30-20-10-8-9-19(3)17-20/h8-12,17-18H,4-7,13-16H2,1-3H3. The summed E-state index contributed by atoms with van der Waals surface area (Å²) in [6.07, 6.45) is 2.08. The van der Waals surface area contributed by atoms with Crippen molar-refractivity contribution in [3.8, 4) is 5.75 Å². The molecular formula is C24H32N2O5S. The van der Waals surface area contributed by atoms with Crippen LogP contribution in [-0.2, 0) is 14.8 Å². The summed E-state index contributed by atoms with van der Waals surface area (Å²) in [5.74, 6) is 0.169. The second-order valence-electron chi connectivity index (χ2n) is 7.76. The van der Waals surface area contributed by atoms with Gasteiger partial charge in [0, 0.05) is 26.2 Å². The average molecular weight is 461 g/mol. The summed E-state index contributed by atoms with van der Waals surface area (Å²) < 4.78 is 38.5. The number of esters is 1. The first-order valence-corrected chi connectivity index (χ1v) is 12.6. The summed E-state index contributed by atoms with van der Waals surface area (Å²) in [6.45, 7) is 8.24. The molecule has 1 aliphatic heterocycles. The smallest absolute Gasteiger partial charge is 0.340 e. The van der Waals surface area contributed by atoms with E-state index < -0.39 is 16.0 Å². The Labute approximate surface area is 191 Å². The van der Waals surface area contributed by atoms with Crippen LogP contribution in [0.3, 0.4) is 0 Å². The summed E-state index contributed by atoms with van der Waals surface area (Å²) in [4.78, 5) is 15.2. The SMILES string of the molecule is CCN(CC)S(=O)(=O)c1ccc(N2CCCC2)c(C(=O)OCCOc2cccc(C)c2)c1. The maximum Gasteiger partial charge on any atom is 0.340 e. The van der Waals surface area contributed by atoms with Crippen molar-refractivity contribution in [3.63, 3.8) is 0 Å². The van der Waals surface area contributed by atoms with Gasteiger partial charge in [0.25, 0.3) is 0 Å². The van der Waals surface area contributed by atoms with E-state index in [1.807, 2.05) is 31.2 Å². The number of hydrogen-bond donors (Lipinski definition) is 0. The normalized spacial score (nSPS) is 14.1. The Hall–Kier alpha value is -2.58. The van der Waals surface area contributed by atoms with E-state index in [0.717, 1.165) is 31.5 Å². The van der Waals surface area contributed by atoms with Crippen LogP contribution in [0.2, 0.25) is 0 Å². The lowest BCUT2D eigenvalue weighted by atomic mass is 10.1. The molecule has 0 atom stereocenters. The van der Waals surface area contributed by atoms with Gasteiger partial charge in [-0.2, -0.15) is 4.31 Å². The summed E-state index contributed by atoms with van der Waals surface area (Å²) in [5, 5.41) is 0. The molecule has 0 spiro atoms. The van der Waals surface area contributed by atoms with E-state index in [4.69, 9.17) is 9.47 Å². The topological polar surface area (TPSA) is 76.2 Å². The number of aryl methyl sites for hydroxylation is 1. The van der Waals surface area contributed by atoms with Gasteiger partial charge in [0.15, 0.2) is 0 Å². The zero-order chi connectivity index (χ0) is 23.1. The maximum absolute atomic E-state index is 13.0. The van der Waals surface area contributed by atoms with Crippen molar-refractivity contribution >= 4 is 21.7 Å². The molecule has 1 saturated heterocycles. The van der Waals surface area contributed by atoms with Crippen molar-refractivity contribution in [2.75, 3.05) is 44.3 Å². The molecule has 0 aliphatic carbocycles. The highest BCUT2D eigenvalue weighted by atomic mass is 32.2. The average Bonchev–Trinajstić information content (AvgIpc) is 3.31. The highest BCUT2D eigenvalue weighted by Gasteiger charge is 2.27. The predicted molar refractivity (Wildman–Crippen MR) is 125 cm³/mol. The van der Waals surface area contributed by atoms with Crippen LogP contribution in [0.15, 0.2) is 47.4 Å². The van der Waals surface area contributed by atoms with Gasteiger partial charge in [0.1, 0.15) is 19.0 Å². The number of hydrogen-bond acceptors (Lipinski definition) is 6. The lowest BCUT2D eigenvalue weighted by Gasteiger charge is -2.23. The van der Waals surface area contributed by atoms with Gasteiger partial charge in [-0.05, 0) is 55.7 Å². The molecule has 2 aromatic carbocycles. The van der Waals surface area contributed by atoms with Gasteiger partial charge in [-0.3, -0.25) is 0 Å². The van der Waals surface area contributed by atoms with Crippen molar-refractivity contribution in [2.45, 2.75) is 38.5 Å². The Kier molecular flexibility index (Phi) is 8.15. The van der Waals surface area contributed by atoms with Crippen LogP contribution in [-0.4, -0.2) is 58.1 Å². The third-order valence-corrected chi connectivity index (χ3v) is 7.60. The fourth-order valence-electron chi connectivity index (χ4n) is 3.86. The molecule has 0 bridgehead atoms. The molecular weight excluding hydrogens is 428 g/mol. The first-order chi connectivity index (χ1) is 15.4. The molecule has 1 aliphatic rings. The minimum absolute atomic E-state index is 0.0687. The number of carbonyl (C=O) groups is 1. The number of sulfonamides is 1. The van der Waals surface area contributed by atoms with Crippen LogP contribution in [0, 0.1) is 6.92 Å². The molecule has 2 aromatic rings. The van der Waals surface area contributed by atoms with Gasteiger partial charge in [0.2, 0.25) is 10.0 Å². The highest BCUT2D eigenvalue weighted by Crippen LogP contribution is 2.29. The molecule has 0 saturated carbocycles. The van der Waals surface area contributed by atoms with Crippen LogP contribution in [0.25, 0.3) is 0 Å². The maximum atomic E-state index is 13.0. The van der Waals surface area contributed by atoms with E-state index in [0.29, 0.717) is 24.5 Å². The minimum Gasteiger partial charge on any atom is -0.490 e. The Morgan fingerprint density at radius 3 is 2.41 bits per heavy atom. The number of benzene rings is 2. The second-order valence-corrected chi connectivity index (χ2v) is 9.70. The third-order valence-electron chi connectivity index (χ3n) is 5.55. The van der Waals surface area contributed by atoms with Crippen LogP contribution < -0.4 is 9.64 Å². The summed E-state index contributed by atoms with van der Waals surface area (Å²) in [5.41, 5.74) is 2.07. The lowest BCUT2D eigenvalue weighted by Crippen LogP contribution is -2.31. The highest BCUT2D eigenvalue weighted by molar-refractivity contribution is 7.89. The number of nitrogens with zero attached hydrogens (tertiary/aromatic N) is 2. The van der Waals surface area contributed by atoms with Crippen molar-refractivity contribution in [2.24, 2.45) is 0 Å². The van der Waals surface area contributed by atoms with Gasteiger partial charge < -0.3 is 14.4 Å². The molecule has 1 heterocycles. The molecule has 7 nitrogen and oxygen atoms in total. The Balaban J connectivity index is 1.77. The van der Waals surface area contributed by atoms with E-state index in [-0.39, 0.29) is 23.7 Å². The summed E-state index contributed by atoms with van der Waals surface area (Å²) in [7, 11) is -3.68. The van der Waals surface area contributed by atoms with Crippen molar-refractivity contribution in [1.82, 2.24) is 4.31 Å². The Morgan fingerprint density at radius 2 is 1.75 bits per heavy atom. The number of rotatable bonds is 10. The van der Waals surface area contributed by atoms with Crippen LogP contribution in [0.4, 0.5) is 5.69 Å². The molecule has 32 heavy (non-hydrogen) atoms. The monoisotopic (exact) mass is 460 g/mol. The molecule has 1 fully saturated rings. The quantitative estimate of drug-likeness (QED) is 0.396. The second kappa shape index (κ2) is 10.8. The molecule has 0 aromatic heterocycles. The van der Waals surface area contributed by atoms with Crippen LogP contribution >= 0.6 is 0 Å². The largest absolute Gasteiger partial charge is 0.490 e. The van der Waals surface area contributed by atoms with E-state index in [9.17, 15) is 13.2 Å². The van der Waals surface area contributed by atoms with Gasteiger partial charge in [-0.1, -0.05) is 26.0 Å². The van der Waals surface area contributed by atoms with E-state index in [1.165, 1.54) is 10.4 Å². The third kappa shape index (κ3) is 5.61. The first-order valence-electron chi connectivity index (χ1n) is 11.1. The van der Waals surface area contributed by atoms with Crippen LogP contribution in [0.1, 0.15) is 42.6 Å². The van der Waals surface area contributed by atoms with Crippen LogP contribution in [0.5, 0.6) is 5.75 Å².